The van der Waals surface area contributed by atoms with Gasteiger partial charge in [-0.2, -0.15) is 0 Å². The molecule has 2 rings (SSSR count). The molecule has 1 saturated heterocycles. The molecule has 26 heavy (non-hydrogen) atoms. The molecular formula is C14H26N7O3S2+. The molecule has 1 amide bonds. The smallest absolute Gasteiger partial charge is 0.352 e. The summed E-state index contributed by atoms with van der Waals surface area (Å²) in [7, 11) is 5.60. The molecule has 2 heterocycles. The van der Waals surface area contributed by atoms with Crippen molar-refractivity contribution in [3.8, 4) is 0 Å². The highest BCUT2D eigenvalue weighted by atomic mass is 32.2. The predicted molar refractivity (Wildman–Crippen MR) is 103 cm³/mol. The maximum Gasteiger partial charge on any atom is 0.352 e. The molecule has 0 spiro atoms. The Bertz CT molecular complexity index is 624. The molecular weight excluding hydrogens is 378 g/mol. The molecule has 10 nitrogen and oxygen atoms in total. The summed E-state index contributed by atoms with van der Waals surface area (Å²) in [4.78, 5) is 27.0. The molecule has 2 aliphatic heterocycles. The fourth-order valence-corrected chi connectivity index (χ4v) is 4.99. The van der Waals surface area contributed by atoms with Crippen molar-refractivity contribution in [3.63, 3.8) is 0 Å². The van der Waals surface area contributed by atoms with E-state index in [4.69, 9.17) is 11.6 Å². The molecule has 0 aliphatic carbocycles. The SMILES string of the molecule is CN(C)CC[NH2+]C(=NN(C)N)SCC1=C(C(=O)O)N2C(=O)C(N)C2SC1. The normalized spacial score (nSPS) is 23.2. The highest BCUT2D eigenvalue weighted by Gasteiger charge is 2.51. The molecule has 12 heteroatoms. The van der Waals surface area contributed by atoms with Crippen LogP contribution in [0.1, 0.15) is 0 Å². The van der Waals surface area contributed by atoms with Gasteiger partial charge in [0.15, 0.2) is 0 Å². The van der Waals surface area contributed by atoms with Gasteiger partial charge in [-0.25, -0.2) is 15.8 Å². The first-order valence-corrected chi connectivity index (χ1v) is 10.1. The average Bonchev–Trinajstić information content (AvgIpc) is 2.56. The third-order valence-electron chi connectivity index (χ3n) is 3.84. The number of likely N-dealkylation sites (N-methyl/N-ethyl adjacent to an activating group) is 1. The molecule has 2 unspecified atom stereocenters. The van der Waals surface area contributed by atoms with E-state index in [9.17, 15) is 14.7 Å². The van der Waals surface area contributed by atoms with Gasteiger partial charge in [0.1, 0.15) is 17.1 Å². The molecule has 146 valence electrons. The number of β-lactam (4-membered cyclic amide) rings is 1. The molecule has 2 atom stereocenters. The van der Waals surface area contributed by atoms with Gasteiger partial charge < -0.3 is 15.7 Å². The number of carboxylic acid groups (broad SMARTS) is 1. The Hall–Kier alpha value is -1.31. The second kappa shape index (κ2) is 9.06. The fourth-order valence-electron chi connectivity index (χ4n) is 2.58. The van der Waals surface area contributed by atoms with Crippen molar-refractivity contribution in [3.05, 3.63) is 11.3 Å². The van der Waals surface area contributed by atoms with Gasteiger partial charge in [-0.15, -0.1) is 11.8 Å². The molecule has 0 aromatic rings. The third kappa shape index (κ3) is 4.90. The van der Waals surface area contributed by atoms with Crippen molar-refractivity contribution in [2.75, 3.05) is 45.7 Å². The van der Waals surface area contributed by atoms with Crippen LogP contribution in [0.5, 0.6) is 0 Å². The fraction of sp³-hybridized carbons (Fsp3) is 0.643. The number of hydrogen-bond donors (Lipinski definition) is 4. The van der Waals surface area contributed by atoms with E-state index in [1.165, 1.54) is 33.5 Å². The number of thioether (sulfide) groups is 2. The summed E-state index contributed by atoms with van der Waals surface area (Å²) >= 11 is 2.90. The van der Waals surface area contributed by atoms with Crippen molar-refractivity contribution < 1.29 is 20.0 Å². The molecule has 0 aromatic heterocycles. The molecule has 0 aromatic carbocycles. The second-order valence-electron chi connectivity index (χ2n) is 6.29. The standard InChI is InChI=1S/C14H25N7O3S2/c1-19(2)5-4-17-14(18-20(3)16)26-7-8-6-25-12-9(15)11(22)21(12)10(8)13(23)24/h9,12H,4-7,15-16H2,1-3H3,(H,17,18)(H,23,24)/p+1. The van der Waals surface area contributed by atoms with Crippen LogP contribution in [-0.2, 0) is 9.59 Å². The van der Waals surface area contributed by atoms with Gasteiger partial charge in [-0.3, -0.25) is 15.0 Å². The third-order valence-corrected chi connectivity index (χ3v) is 6.23. The summed E-state index contributed by atoms with van der Waals surface area (Å²) in [5.74, 6) is 5.13. The van der Waals surface area contributed by atoms with Crippen LogP contribution in [-0.4, -0.2) is 94.2 Å². The highest BCUT2D eigenvalue weighted by Crippen LogP contribution is 2.40. The highest BCUT2D eigenvalue weighted by molar-refractivity contribution is 8.13. The van der Waals surface area contributed by atoms with Gasteiger partial charge in [0.05, 0.1) is 6.54 Å². The lowest BCUT2D eigenvalue weighted by atomic mass is 10.0. The van der Waals surface area contributed by atoms with E-state index in [-0.39, 0.29) is 17.0 Å². The lowest BCUT2D eigenvalue weighted by molar-refractivity contribution is -0.534. The lowest BCUT2D eigenvalue weighted by Gasteiger charge is -2.48. The first-order chi connectivity index (χ1) is 12.2. The average molecular weight is 405 g/mol. The number of aliphatic carboxylic acids is 1. The quantitative estimate of drug-likeness (QED) is 0.119. The maximum absolute atomic E-state index is 12.0. The van der Waals surface area contributed by atoms with E-state index < -0.39 is 12.0 Å². The largest absolute Gasteiger partial charge is 0.477 e. The number of nitrogens with zero attached hydrogens (tertiary/aromatic N) is 4. The molecule has 0 saturated carbocycles. The Morgan fingerprint density at radius 1 is 1.50 bits per heavy atom. The zero-order valence-electron chi connectivity index (χ0n) is 15.1. The summed E-state index contributed by atoms with van der Waals surface area (Å²) in [6.45, 7) is 1.67. The van der Waals surface area contributed by atoms with Gasteiger partial charge in [-0.1, -0.05) is 5.10 Å². The van der Waals surface area contributed by atoms with E-state index in [2.05, 4.69) is 10.0 Å². The second-order valence-corrected chi connectivity index (χ2v) is 8.39. The number of quaternary nitrogens is 1. The predicted octanol–water partition coefficient (Wildman–Crippen LogP) is -2.50. The van der Waals surface area contributed by atoms with Gasteiger partial charge in [0, 0.05) is 25.1 Å². The minimum Gasteiger partial charge on any atom is -0.477 e. The summed E-state index contributed by atoms with van der Waals surface area (Å²) in [5.41, 5.74) is 6.51. The van der Waals surface area contributed by atoms with E-state index in [1.807, 2.05) is 19.4 Å². The maximum atomic E-state index is 12.0. The lowest BCUT2D eigenvalue weighted by Crippen LogP contribution is -2.88. The summed E-state index contributed by atoms with van der Waals surface area (Å²) in [5, 5.41) is 17.4. The topological polar surface area (TPSA) is 145 Å². The van der Waals surface area contributed by atoms with Crippen molar-refractivity contribution in [2.45, 2.75) is 11.4 Å². The van der Waals surface area contributed by atoms with Crippen LogP contribution in [0.15, 0.2) is 16.4 Å². The minimum absolute atomic E-state index is 0.0571. The van der Waals surface area contributed by atoms with E-state index in [0.717, 1.165) is 13.1 Å². The van der Waals surface area contributed by atoms with E-state index in [1.54, 1.807) is 7.05 Å². The number of nitrogens with two attached hydrogens (primary N) is 3. The van der Waals surface area contributed by atoms with Crippen LogP contribution in [0.25, 0.3) is 0 Å². The van der Waals surface area contributed by atoms with Crippen LogP contribution in [0.3, 0.4) is 0 Å². The Kier molecular flexibility index (Phi) is 7.32. The van der Waals surface area contributed by atoms with Crippen molar-refractivity contribution in [1.29, 1.82) is 0 Å². The van der Waals surface area contributed by atoms with Gasteiger partial charge in [0.2, 0.25) is 5.91 Å². The summed E-state index contributed by atoms with van der Waals surface area (Å²) < 4.78 is 0. The minimum atomic E-state index is -1.10. The van der Waals surface area contributed by atoms with Crippen LogP contribution >= 0.6 is 23.5 Å². The Morgan fingerprint density at radius 2 is 2.19 bits per heavy atom. The van der Waals surface area contributed by atoms with Crippen LogP contribution < -0.4 is 16.9 Å². The van der Waals surface area contributed by atoms with Crippen LogP contribution in [0.2, 0.25) is 0 Å². The molecule has 0 radical (unpaired) electrons. The number of hydrazone groups is 1. The van der Waals surface area contributed by atoms with Crippen molar-refractivity contribution in [2.24, 2.45) is 16.7 Å². The number of fused-ring (bicyclic) bond motifs is 1. The van der Waals surface area contributed by atoms with Crippen molar-refractivity contribution in [1.82, 2.24) is 14.9 Å². The number of hydrazine groups is 1. The Labute approximate surface area is 160 Å². The first-order valence-electron chi connectivity index (χ1n) is 8.05. The number of carbonyl (C=O) groups excluding carboxylic acids is 1. The first kappa shape index (κ1) is 21.0. The van der Waals surface area contributed by atoms with E-state index >= 15 is 0 Å². The number of amidine groups is 1. The van der Waals surface area contributed by atoms with Gasteiger partial charge in [0.25, 0.3) is 5.17 Å². The number of carboxylic acids is 1. The zero-order valence-corrected chi connectivity index (χ0v) is 16.7. The van der Waals surface area contributed by atoms with Gasteiger partial charge in [-0.05, 0) is 31.4 Å². The Balaban J connectivity index is 2.08. The van der Waals surface area contributed by atoms with Crippen LogP contribution in [0.4, 0.5) is 0 Å². The molecule has 0 bridgehead atoms. The van der Waals surface area contributed by atoms with Gasteiger partial charge >= 0.3 is 5.97 Å². The van der Waals surface area contributed by atoms with Crippen LogP contribution in [0, 0.1) is 0 Å². The number of rotatable bonds is 7. The Morgan fingerprint density at radius 3 is 2.77 bits per heavy atom. The summed E-state index contributed by atoms with van der Waals surface area (Å²) in [6.07, 6.45) is 0. The monoisotopic (exact) mass is 404 g/mol. The molecule has 1 fully saturated rings. The molecule has 2 aliphatic rings. The van der Waals surface area contributed by atoms with Crippen molar-refractivity contribution >= 4 is 40.6 Å². The number of hydrogen-bond acceptors (Lipinski definition) is 9. The number of amides is 1. The van der Waals surface area contributed by atoms with E-state index in [0.29, 0.717) is 22.2 Å². The molecule has 7 N–H and O–H groups in total. The number of carbonyl (C=O) groups is 2. The summed E-state index contributed by atoms with van der Waals surface area (Å²) in [6, 6.07) is -0.620. The zero-order chi connectivity index (χ0) is 19.4.